The van der Waals surface area contributed by atoms with Gasteiger partial charge < -0.3 is 5.11 Å². The molecular weight excluding hydrogens is 180 g/mol. The predicted molar refractivity (Wildman–Crippen MR) is 53.9 cm³/mol. The van der Waals surface area contributed by atoms with Gasteiger partial charge in [0.2, 0.25) is 0 Å². The van der Waals surface area contributed by atoms with Gasteiger partial charge >= 0.3 is 6.09 Å². The van der Waals surface area contributed by atoms with Gasteiger partial charge in [-0.05, 0) is 30.5 Å². The molecule has 0 fully saturated rings. The van der Waals surface area contributed by atoms with E-state index in [1.54, 1.807) is 0 Å². The van der Waals surface area contributed by atoms with Gasteiger partial charge in [0.15, 0.2) is 0 Å². The van der Waals surface area contributed by atoms with Crippen molar-refractivity contribution in [2.45, 2.75) is 20.4 Å². The highest BCUT2D eigenvalue weighted by molar-refractivity contribution is 5.63. The maximum absolute atomic E-state index is 10.2. The van der Waals surface area contributed by atoms with Crippen LogP contribution in [-0.2, 0) is 6.54 Å². The van der Waals surface area contributed by atoms with Crippen LogP contribution in [-0.4, -0.2) is 11.2 Å². The summed E-state index contributed by atoms with van der Waals surface area (Å²) < 4.78 is 0. The number of aryl methyl sites for hydroxylation is 2. The fourth-order valence-electron chi connectivity index (χ4n) is 1.34. The molecule has 0 aliphatic heterocycles. The summed E-state index contributed by atoms with van der Waals surface area (Å²) in [6, 6.07) is 5.99. The fraction of sp³-hybridized carbons (Fsp3) is 0.300. The molecule has 0 spiro atoms. The van der Waals surface area contributed by atoms with Crippen LogP contribution in [0.25, 0.3) is 0 Å². The molecule has 0 saturated carbocycles. The highest BCUT2D eigenvalue weighted by Crippen LogP contribution is 2.12. The zero-order valence-electron chi connectivity index (χ0n) is 8.29. The third-order valence-corrected chi connectivity index (χ3v) is 2.10. The maximum Gasteiger partial charge on any atom is 0.419 e. The standard InChI is InChI=1S/C10H14N2O2/c1-7-4-3-5-8(2)9(7)6-11-12-10(13)14/h3-5,11-12H,6H2,1-2H3,(H,13,14). The van der Waals surface area contributed by atoms with Crippen molar-refractivity contribution in [2.24, 2.45) is 0 Å². The van der Waals surface area contributed by atoms with Gasteiger partial charge in [0, 0.05) is 6.54 Å². The molecule has 4 nitrogen and oxygen atoms in total. The molecule has 0 heterocycles. The number of hydrogen-bond acceptors (Lipinski definition) is 2. The Hall–Kier alpha value is -1.55. The van der Waals surface area contributed by atoms with Crippen molar-refractivity contribution in [3.8, 4) is 0 Å². The molecule has 76 valence electrons. The summed E-state index contributed by atoms with van der Waals surface area (Å²) in [5.74, 6) is 0. The minimum absolute atomic E-state index is 0.505. The lowest BCUT2D eigenvalue weighted by Crippen LogP contribution is -2.35. The second-order valence-corrected chi connectivity index (χ2v) is 3.15. The first-order valence-corrected chi connectivity index (χ1v) is 4.38. The molecule has 1 amide bonds. The highest BCUT2D eigenvalue weighted by atomic mass is 16.4. The van der Waals surface area contributed by atoms with Gasteiger partial charge in [-0.15, -0.1) is 0 Å². The van der Waals surface area contributed by atoms with E-state index < -0.39 is 6.09 Å². The van der Waals surface area contributed by atoms with Crippen molar-refractivity contribution in [1.82, 2.24) is 10.9 Å². The predicted octanol–water partition coefficient (Wildman–Crippen LogP) is 1.58. The average molecular weight is 194 g/mol. The maximum atomic E-state index is 10.2. The lowest BCUT2D eigenvalue weighted by Gasteiger charge is -2.10. The van der Waals surface area contributed by atoms with Crippen molar-refractivity contribution in [3.63, 3.8) is 0 Å². The van der Waals surface area contributed by atoms with Crippen molar-refractivity contribution in [2.75, 3.05) is 0 Å². The molecule has 3 N–H and O–H groups in total. The Kier molecular flexibility index (Phi) is 3.48. The van der Waals surface area contributed by atoms with Crippen LogP contribution in [0.3, 0.4) is 0 Å². The number of hydrazine groups is 1. The first kappa shape index (κ1) is 10.5. The summed E-state index contributed by atoms with van der Waals surface area (Å²) in [6.07, 6.45) is -1.07. The van der Waals surface area contributed by atoms with Crippen LogP contribution in [0.5, 0.6) is 0 Å². The van der Waals surface area contributed by atoms with E-state index >= 15 is 0 Å². The highest BCUT2D eigenvalue weighted by Gasteiger charge is 2.01. The van der Waals surface area contributed by atoms with Crippen LogP contribution in [0.1, 0.15) is 16.7 Å². The number of rotatable bonds is 3. The van der Waals surface area contributed by atoms with E-state index in [1.807, 2.05) is 32.0 Å². The minimum atomic E-state index is -1.07. The number of amides is 1. The lowest BCUT2D eigenvalue weighted by atomic mass is 10.0. The van der Waals surface area contributed by atoms with Crippen LogP contribution >= 0.6 is 0 Å². The number of benzene rings is 1. The van der Waals surface area contributed by atoms with Crippen LogP contribution in [0.15, 0.2) is 18.2 Å². The number of carbonyl (C=O) groups is 1. The quantitative estimate of drug-likeness (QED) is 0.640. The molecule has 0 aliphatic carbocycles. The first-order valence-electron chi connectivity index (χ1n) is 4.38. The third kappa shape index (κ3) is 2.74. The second-order valence-electron chi connectivity index (χ2n) is 3.15. The molecule has 1 rings (SSSR count). The van der Waals surface area contributed by atoms with Crippen LogP contribution in [0.4, 0.5) is 4.79 Å². The molecule has 0 aromatic heterocycles. The SMILES string of the molecule is Cc1cccc(C)c1CNNC(=O)O. The van der Waals surface area contributed by atoms with Crippen LogP contribution in [0, 0.1) is 13.8 Å². The zero-order chi connectivity index (χ0) is 10.6. The molecule has 4 heteroatoms. The Bertz CT molecular complexity index is 317. The van der Waals surface area contributed by atoms with E-state index in [0.717, 1.165) is 16.7 Å². The van der Waals surface area contributed by atoms with Crippen molar-refractivity contribution >= 4 is 6.09 Å². The molecular formula is C10H14N2O2. The molecule has 0 atom stereocenters. The van der Waals surface area contributed by atoms with E-state index in [4.69, 9.17) is 5.11 Å². The van der Waals surface area contributed by atoms with E-state index in [-0.39, 0.29) is 0 Å². The topological polar surface area (TPSA) is 61.4 Å². The second kappa shape index (κ2) is 4.62. The van der Waals surface area contributed by atoms with Crippen molar-refractivity contribution < 1.29 is 9.90 Å². The Morgan fingerprint density at radius 3 is 2.43 bits per heavy atom. The summed E-state index contributed by atoms with van der Waals surface area (Å²) in [5, 5.41) is 8.36. The normalized spacial score (nSPS) is 9.86. The minimum Gasteiger partial charge on any atom is -0.464 e. The monoisotopic (exact) mass is 194 g/mol. The summed E-state index contributed by atoms with van der Waals surface area (Å²) >= 11 is 0. The molecule has 0 bridgehead atoms. The molecule has 0 aliphatic rings. The van der Waals surface area contributed by atoms with Gasteiger partial charge in [-0.25, -0.2) is 10.2 Å². The van der Waals surface area contributed by atoms with Gasteiger partial charge in [-0.1, -0.05) is 18.2 Å². The number of carboxylic acid groups (broad SMARTS) is 1. The van der Waals surface area contributed by atoms with E-state index in [2.05, 4.69) is 10.9 Å². The third-order valence-electron chi connectivity index (χ3n) is 2.10. The Balaban J connectivity index is 2.62. The Morgan fingerprint density at radius 1 is 1.36 bits per heavy atom. The summed E-state index contributed by atoms with van der Waals surface area (Å²) in [5.41, 5.74) is 8.19. The largest absolute Gasteiger partial charge is 0.464 e. The molecule has 1 aromatic carbocycles. The number of nitrogens with one attached hydrogen (secondary N) is 2. The fourth-order valence-corrected chi connectivity index (χ4v) is 1.34. The average Bonchev–Trinajstić information content (AvgIpc) is 2.09. The van der Waals surface area contributed by atoms with E-state index in [9.17, 15) is 4.79 Å². The van der Waals surface area contributed by atoms with Gasteiger partial charge in [0.25, 0.3) is 0 Å². The smallest absolute Gasteiger partial charge is 0.419 e. The van der Waals surface area contributed by atoms with Gasteiger partial charge in [0.1, 0.15) is 0 Å². The molecule has 14 heavy (non-hydrogen) atoms. The van der Waals surface area contributed by atoms with E-state index in [1.165, 1.54) is 0 Å². The summed E-state index contributed by atoms with van der Waals surface area (Å²) in [7, 11) is 0. The first-order chi connectivity index (χ1) is 6.61. The Labute approximate surface area is 82.9 Å². The summed E-state index contributed by atoms with van der Waals surface area (Å²) in [6.45, 7) is 4.51. The molecule has 0 radical (unpaired) electrons. The van der Waals surface area contributed by atoms with E-state index in [0.29, 0.717) is 6.54 Å². The van der Waals surface area contributed by atoms with Gasteiger partial charge in [-0.2, -0.15) is 0 Å². The van der Waals surface area contributed by atoms with Gasteiger partial charge in [0.05, 0.1) is 0 Å². The Morgan fingerprint density at radius 2 is 1.93 bits per heavy atom. The van der Waals surface area contributed by atoms with Crippen molar-refractivity contribution in [1.29, 1.82) is 0 Å². The van der Waals surface area contributed by atoms with Crippen molar-refractivity contribution in [3.05, 3.63) is 34.9 Å². The zero-order valence-corrected chi connectivity index (χ0v) is 8.29. The summed E-state index contributed by atoms with van der Waals surface area (Å²) in [4.78, 5) is 10.2. The van der Waals surface area contributed by atoms with Gasteiger partial charge in [-0.3, -0.25) is 5.43 Å². The molecule has 1 aromatic rings. The number of hydrogen-bond donors (Lipinski definition) is 3. The van der Waals surface area contributed by atoms with Crippen LogP contribution in [0.2, 0.25) is 0 Å². The molecule has 0 saturated heterocycles. The lowest BCUT2D eigenvalue weighted by molar-refractivity contribution is 0.189. The molecule has 0 unspecified atom stereocenters. The van der Waals surface area contributed by atoms with Crippen LogP contribution < -0.4 is 10.9 Å².